The summed E-state index contributed by atoms with van der Waals surface area (Å²) in [4.78, 5) is 2.32. The molecule has 5 heterocycles. The summed E-state index contributed by atoms with van der Waals surface area (Å²) in [5.74, 6) is -4.08. The molecule has 4 N–H and O–H groups in total. The second-order valence-electron chi connectivity index (χ2n) is 20.1. The van der Waals surface area contributed by atoms with E-state index in [1.165, 1.54) is 0 Å². The smallest absolute Gasteiger partial charge is 0.286 e. The summed E-state index contributed by atoms with van der Waals surface area (Å²) >= 11 is 0. The number of fused-ring (bicyclic) bond motifs is 4. The van der Waals surface area contributed by atoms with E-state index in [-0.39, 0.29) is 30.4 Å². The minimum absolute atomic E-state index is 0.0116. The highest BCUT2D eigenvalue weighted by atomic mass is 16.8. The predicted octanol–water partition coefficient (Wildman–Crippen LogP) is 5.92. The maximum absolute atomic E-state index is 12.7. The fourth-order valence-corrected chi connectivity index (χ4v) is 11.6. The minimum atomic E-state index is -2.21. The number of hydrogen-bond donors (Lipinski definition) is 4. The van der Waals surface area contributed by atoms with Crippen LogP contribution in [0.15, 0.2) is 60.7 Å². The molecule has 5 saturated heterocycles. The van der Waals surface area contributed by atoms with Gasteiger partial charge in [-0.1, -0.05) is 95.3 Å². The van der Waals surface area contributed by atoms with Crippen molar-refractivity contribution in [3.63, 3.8) is 0 Å². The van der Waals surface area contributed by atoms with Crippen LogP contribution in [0.1, 0.15) is 106 Å². The Labute approximate surface area is 369 Å². The molecule has 0 amide bonds. The quantitative estimate of drug-likeness (QED) is 0.211. The molecule has 0 radical (unpaired) electrons. The fraction of sp³-hybridized carbons (Fsp3) is 0.755. The normalized spacial score (nSPS) is 47.5. The lowest BCUT2D eigenvalue weighted by molar-refractivity contribution is -0.481. The van der Waals surface area contributed by atoms with Gasteiger partial charge < -0.3 is 58.3 Å². The van der Waals surface area contributed by atoms with Gasteiger partial charge >= 0.3 is 0 Å². The van der Waals surface area contributed by atoms with Gasteiger partial charge in [0.25, 0.3) is 5.97 Å². The molecular weight excluding hydrogens is 795 g/mol. The Kier molecular flexibility index (Phi) is 14.4. The van der Waals surface area contributed by atoms with E-state index in [1.807, 2.05) is 84.9 Å². The van der Waals surface area contributed by atoms with Crippen LogP contribution in [0.25, 0.3) is 0 Å². The van der Waals surface area contributed by atoms with Crippen LogP contribution in [0.3, 0.4) is 0 Å². The maximum atomic E-state index is 12.7. The van der Waals surface area contributed by atoms with E-state index in [2.05, 4.69) is 36.1 Å². The van der Waals surface area contributed by atoms with Crippen molar-refractivity contribution in [2.24, 2.45) is 23.7 Å². The molecule has 62 heavy (non-hydrogen) atoms. The summed E-state index contributed by atoms with van der Waals surface area (Å²) in [6, 6.07) is 20.2. The van der Waals surface area contributed by atoms with E-state index in [0.29, 0.717) is 32.4 Å². The van der Waals surface area contributed by atoms with Gasteiger partial charge in [-0.15, -0.1) is 0 Å². The van der Waals surface area contributed by atoms with E-state index < -0.39 is 96.0 Å². The lowest BCUT2D eigenvalue weighted by Gasteiger charge is -2.55. The Morgan fingerprint density at radius 1 is 0.774 bits per heavy atom. The van der Waals surface area contributed by atoms with Gasteiger partial charge in [0.05, 0.1) is 59.8 Å². The van der Waals surface area contributed by atoms with Crippen molar-refractivity contribution in [1.29, 1.82) is 0 Å². The molecule has 20 atom stereocenters. The van der Waals surface area contributed by atoms with Gasteiger partial charge in [0, 0.05) is 44.5 Å². The van der Waals surface area contributed by atoms with E-state index >= 15 is 0 Å². The molecule has 2 aromatic carbocycles. The molecule has 5 aliphatic heterocycles. The lowest BCUT2D eigenvalue weighted by Crippen LogP contribution is -2.69. The first-order valence-electron chi connectivity index (χ1n) is 23.1. The van der Waals surface area contributed by atoms with Crippen molar-refractivity contribution in [3.8, 4) is 0 Å². The van der Waals surface area contributed by atoms with Crippen LogP contribution in [0.2, 0.25) is 0 Å². The van der Waals surface area contributed by atoms with Crippen molar-refractivity contribution < 1.29 is 58.3 Å². The molecule has 0 aliphatic carbocycles. The highest BCUT2D eigenvalue weighted by molar-refractivity contribution is 5.18. The van der Waals surface area contributed by atoms with Crippen LogP contribution in [0.4, 0.5) is 0 Å². The highest BCUT2D eigenvalue weighted by Gasteiger charge is 2.64. The number of nitrogens with zero attached hydrogens (tertiary/aromatic N) is 1. The molecule has 0 aromatic heterocycles. The first-order chi connectivity index (χ1) is 29.2. The zero-order valence-corrected chi connectivity index (χ0v) is 38.8. The second-order valence-corrected chi connectivity index (χ2v) is 20.1. The maximum Gasteiger partial charge on any atom is 0.286 e. The number of aliphatic hydroxyl groups is 4. The van der Waals surface area contributed by atoms with E-state index in [9.17, 15) is 20.4 Å². The molecule has 348 valence electrons. The summed E-state index contributed by atoms with van der Waals surface area (Å²) in [5, 5.41) is 48.6. The summed E-state index contributed by atoms with van der Waals surface area (Å²) in [7, 11) is 1.56. The molecule has 5 aliphatic rings. The number of rotatable bonds is 11. The van der Waals surface area contributed by atoms with Gasteiger partial charge in [-0.3, -0.25) is 4.90 Å². The molecule has 0 spiro atoms. The van der Waals surface area contributed by atoms with Crippen molar-refractivity contribution >= 4 is 0 Å². The molecule has 7 unspecified atom stereocenters. The topological polar surface area (TPSA) is 158 Å². The largest absolute Gasteiger partial charge is 0.387 e. The number of hydrogen-bond acceptors (Lipinski definition) is 13. The predicted molar refractivity (Wildman–Crippen MR) is 231 cm³/mol. The molecule has 13 nitrogen and oxygen atoms in total. The van der Waals surface area contributed by atoms with E-state index in [0.717, 1.165) is 11.1 Å². The van der Waals surface area contributed by atoms with Crippen LogP contribution >= 0.6 is 0 Å². The number of methoxy groups -OCH3 is 1. The van der Waals surface area contributed by atoms with Crippen LogP contribution < -0.4 is 0 Å². The number of aliphatic hydroxyl groups excluding tert-OH is 2. The lowest BCUT2D eigenvalue weighted by atomic mass is 9.74. The molecule has 5 fully saturated rings. The zero-order valence-electron chi connectivity index (χ0n) is 38.8. The van der Waals surface area contributed by atoms with Gasteiger partial charge in [0.1, 0.15) is 17.8 Å². The van der Waals surface area contributed by atoms with Gasteiger partial charge in [0.15, 0.2) is 12.6 Å². The van der Waals surface area contributed by atoms with Gasteiger partial charge in [-0.2, -0.15) is 0 Å². The average Bonchev–Trinajstić information content (AvgIpc) is 3.56. The molecule has 4 bridgehead atoms. The van der Waals surface area contributed by atoms with Crippen molar-refractivity contribution in [3.05, 3.63) is 71.8 Å². The van der Waals surface area contributed by atoms with Gasteiger partial charge in [-0.25, -0.2) is 0 Å². The average molecular weight is 870 g/mol. The third-order valence-corrected chi connectivity index (χ3v) is 15.2. The number of benzene rings is 2. The van der Waals surface area contributed by atoms with Crippen LogP contribution in [0.5, 0.6) is 0 Å². The third kappa shape index (κ3) is 9.32. The first-order valence-corrected chi connectivity index (χ1v) is 23.1. The Morgan fingerprint density at radius 2 is 1.39 bits per heavy atom. The van der Waals surface area contributed by atoms with Gasteiger partial charge in [0.2, 0.25) is 0 Å². The number of ether oxygens (including phenoxy) is 8. The van der Waals surface area contributed by atoms with Crippen molar-refractivity contribution in [1.82, 2.24) is 4.90 Å². The molecule has 0 saturated carbocycles. The van der Waals surface area contributed by atoms with E-state index in [1.54, 1.807) is 21.0 Å². The highest BCUT2D eigenvalue weighted by Crippen LogP contribution is 2.52. The Balaban J connectivity index is 1.29. The Hall–Kier alpha value is -2.08. The van der Waals surface area contributed by atoms with Crippen molar-refractivity contribution in [2.75, 3.05) is 7.11 Å². The van der Waals surface area contributed by atoms with Gasteiger partial charge in [-0.05, 0) is 70.9 Å². The zero-order chi connectivity index (χ0) is 44.9. The molecule has 13 heteroatoms. The SMILES string of the molecule is CC[C@H]1O[C@]2(O)O[C@H]([C@@H](C)C3OC(C)(C[C@@H]3C)[C@H](O[C@@H]3OC(C)CC(N(Cc4ccccc4)Cc4ccccc4)C3O)[C@@H](C)[C@H](O[C@H]3CC(C)(OC)[C@@H](O)C(C)O3)[C@H]2C)[C@]1(C)O. The fourth-order valence-electron chi connectivity index (χ4n) is 11.6. The Morgan fingerprint density at radius 3 is 1.97 bits per heavy atom. The monoisotopic (exact) mass is 870 g/mol. The van der Waals surface area contributed by atoms with Crippen LogP contribution in [-0.4, -0.2) is 129 Å². The molecular formula is C49H75NO12. The second kappa shape index (κ2) is 18.7. The van der Waals surface area contributed by atoms with Crippen molar-refractivity contribution in [2.45, 2.75) is 204 Å². The first kappa shape index (κ1) is 47.9. The van der Waals surface area contributed by atoms with Crippen LogP contribution in [0, 0.1) is 23.7 Å². The summed E-state index contributed by atoms with van der Waals surface area (Å²) < 4.78 is 53.5. The standard InChI is InChI=1S/C49H75NO12/c1-12-37-48(10,53)44-30(4)40-28(2)24-47(9,61-40)43(31(5)41(32(6)49(54,60-37)62-44)58-38-25-46(8,55-11)42(52)33(7)57-38)59-45-39(51)36(23-29(3)56-45)50(26-34-19-15-13-16-20-34)27-35-21-17-14-18-22-35/h13-22,28-33,36-45,51-54H,12,23-27H2,1-11H3/t28-,29?,30-,31-,32+,33?,36?,37+,38-,39?,40?,41-,42-,43+,44+,45-,46?,47?,48+,49-/m0/s1. The summed E-state index contributed by atoms with van der Waals surface area (Å²) in [6.07, 6.45) is -6.75. The summed E-state index contributed by atoms with van der Waals surface area (Å²) in [6.45, 7) is 20.5. The van der Waals surface area contributed by atoms with E-state index in [4.69, 9.17) is 37.9 Å². The Bertz CT molecular complexity index is 1710. The van der Waals surface area contributed by atoms with Crippen LogP contribution in [-0.2, 0) is 51.0 Å². The summed E-state index contributed by atoms with van der Waals surface area (Å²) in [5.41, 5.74) is -1.15. The molecule has 7 rings (SSSR count). The molecule has 2 aromatic rings. The minimum Gasteiger partial charge on any atom is -0.387 e. The third-order valence-electron chi connectivity index (χ3n) is 15.2.